The predicted molar refractivity (Wildman–Crippen MR) is 72.8 cm³/mol. The van der Waals surface area contributed by atoms with Gasteiger partial charge in [0.05, 0.1) is 0 Å². The average Bonchev–Trinajstić information content (AvgIpc) is 2.38. The Morgan fingerprint density at radius 3 is 2.82 bits per heavy atom. The topological polar surface area (TPSA) is 50.9 Å². The lowest BCUT2D eigenvalue weighted by molar-refractivity contribution is 1.18. The van der Waals surface area contributed by atoms with Crippen LogP contribution in [0.4, 0.5) is 5.82 Å². The Labute approximate surface area is 105 Å². The van der Waals surface area contributed by atoms with Crippen molar-refractivity contribution in [1.29, 1.82) is 0 Å². The first-order valence-corrected chi connectivity index (χ1v) is 6.39. The van der Waals surface area contributed by atoms with Crippen molar-refractivity contribution in [2.75, 3.05) is 5.43 Å². The van der Waals surface area contributed by atoms with E-state index in [9.17, 15) is 0 Å². The molecule has 17 heavy (non-hydrogen) atoms. The average molecular weight is 245 g/mol. The number of aromatic nitrogens is 1. The molecule has 0 spiro atoms. The van der Waals surface area contributed by atoms with E-state index in [1.165, 1.54) is 10.5 Å². The summed E-state index contributed by atoms with van der Waals surface area (Å²) in [5.41, 5.74) is 5.03. The highest BCUT2D eigenvalue weighted by Crippen LogP contribution is 2.27. The summed E-state index contributed by atoms with van der Waals surface area (Å²) in [4.78, 5) is 5.47. The molecule has 0 aliphatic rings. The lowest BCUT2D eigenvalue weighted by atomic mass is 10.2. The fourth-order valence-electron chi connectivity index (χ4n) is 1.56. The lowest BCUT2D eigenvalue weighted by Gasteiger charge is -2.08. The number of hydrazine groups is 1. The molecular formula is C13H15N3S. The van der Waals surface area contributed by atoms with E-state index in [0.717, 1.165) is 17.1 Å². The summed E-state index contributed by atoms with van der Waals surface area (Å²) in [7, 11) is 0. The van der Waals surface area contributed by atoms with Gasteiger partial charge in [-0.05, 0) is 24.6 Å². The van der Waals surface area contributed by atoms with Gasteiger partial charge in [-0.1, -0.05) is 24.3 Å². The summed E-state index contributed by atoms with van der Waals surface area (Å²) in [6.07, 6.45) is 1.73. The normalized spacial score (nSPS) is 10.2. The summed E-state index contributed by atoms with van der Waals surface area (Å²) < 4.78 is 0. The van der Waals surface area contributed by atoms with Crippen molar-refractivity contribution in [3.63, 3.8) is 0 Å². The zero-order valence-corrected chi connectivity index (χ0v) is 10.5. The minimum Gasteiger partial charge on any atom is -0.308 e. The smallest absolute Gasteiger partial charge is 0.143 e. The molecule has 0 aliphatic carbocycles. The fraction of sp³-hybridized carbons (Fsp3) is 0.154. The Bertz CT molecular complexity index is 500. The molecule has 88 valence electrons. The van der Waals surface area contributed by atoms with Gasteiger partial charge in [0.2, 0.25) is 0 Å². The van der Waals surface area contributed by atoms with E-state index in [0.29, 0.717) is 0 Å². The van der Waals surface area contributed by atoms with Gasteiger partial charge in [-0.15, -0.1) is 11.8 Å². The van der Waals surface area contributed by atoms with Crippen LogP contribution >= 0.6 is 11.8 Å². The van der Waals surface area contributed by atoms with Crippen LogP contribution in [0.2, 0.25) is 0 Å². The summed E-state index contributed by atoms with van der Waals surface area (Å²) in [6, 6.07) is 12.3. The highest BCUT2D eigenvalue weighted by molar-refractivity contribution is 7.98. The minimum absolute atomic E-state index is 0.744. The molecule has 0 saturated carbocycles. The van der Waals surface area contributed by atoms with Crippen molar-refractivity contribution in [2.24, 2.45) is 5.84 Å². The molecule has 1 aromatic carbocycles. The second-order valence-electron chi connectivity index (χ2n) is 3.71. The van der Waals surface area contributed by atoms with Gasteiger partial charge in [0.15, 0.2) is 0 Å². The molecule has 1 heterocycles. The number of hydrogen-bond acceptors (Lipinski definition) is 4. The second-order valence-corrected chi connectivity index (χ2v) is 4.73. The molecule has 3 nitrogen and oxygen atoms in total. The van der Waals surface area contributed by atoms with E-state index in [1.54, 1.807) is 18.0 Å². The highest BCUT2D eigenvalue weighted by atomic mass is 32.2. The number of nitrogens with two attached hydrogens (primary N) is 1. The maximum atomic E-state index is 5.43. The van der Waals surface area contributed by atoms with Crippen molar-refractivity contribution in [2.45, 2.75) is 17.6 Å². The van der Waals surface area contributed by atoms with Crippen LogP contribution in [0.5, 0.6) is 0 Å². The standard InChI is InChI=1S/C13H15N3S/c1-10-5-2-3-7-12(10)17-9-11-6-4-8-15-13(11)16-14/h2-8H,9,14H2,1H3,(H,15,16). The number of rotatable bonds is 4. The van der Waals surface area contributed by atoms with Crippen LogP contribution in [0.25, 0.3) is 0 Å². The number of hydrogen-bond donors (Lipinski definition) is 2. The van der Waals surface area contributed by atoms with Gasteiger partial charge in [-0.25, -0.2) is 10.8 Å². The van der Waals surface area contributed by atoms with E-state index in [-0.39, 0.29) is 0 Å². The number of aryl methyl sites for hydroxylation is 1. The number of nitrogen functional groups attached to an aromatic ring is 1. The van der Waals surface area contributed by atoms with Crippen LogP contribution in [0.15, 0.2) is 47.5 Å². The summed E-state index contributed by atoms with van der Waals surface area (Å²) in [5, 5.41) is 0. The SMILES string of the molecule is Cc1ccccc1SCc1cccnc1NN. The Kier molecular flexibility index (Phi) is 4.01. The Morgan fingerprint density at radius 2 is 2.06 bits per heavy atom. The van der Waals surface area contributed by atoms with E-state index in [2.05, 4.69) is 41.6 Å². The number of nitrogens with one attached hydrogen (secondary N) is 1. The summed E-state index contributed by atoms with van der Waals surface area (Å²) >= 11 is 1.79. The zero-order chi connectivity index (χ0) is 12.1. The molecule has 2 rings (SSSR count). The van der Waals surface area contributed by atoms with Gasteiger partial charge in [0.25, 0.3) is 0 Å². The molecule has 0 amide bonds. The second kappa shape index (κ2) is 5.70. The van der Waals surface area contributed by atoms with E-state index < -0.39 is 0 Å². The van der Waals surface area contributed by atoms with Gasteiger partial charge in [-0.3, -0.25) is 0 Å². The molecule has 0 radical (unpaired) electrons. The van der Waals surface area contributed by atoms with Gasteiger partial charge < -0.3 is 5.43 Å². The molecule has 0 saturated heterocycles. The van der Waals surface area contributed by atoms with Gasteiger partial charge in [0, 0.05) is 22.4 Å². The zero-order valence-electron chi connectivity index (χ0n) is 9.68. The van der Waals surface area contributed by atoms with Crippen LogP contribution in [0.1, 0.15) is 11.1 Å². The fourth-order valence-corrected chi connectivity index (χ4v) is 2.57. The number of benzene rings is 1. The summed E-state index contributed by atoms with van der Waals surface area (Å²) in [5.74, 6) is 7.03. The number of pyridine rings is 1. The van der Waals surface area contributed by atoms with E-state index in [4.69, 9.17) is 5.84 Å². The van der Waals surface area contributed by atoms with Crippen molar-refractivity contribution in [1.82, 2.24) is 4.98 Å². The Hall–Kier alpha value is -1.52. The molecule has 0 bridgehead atoms. The molecule has 0 unspecified atom stereocenters. The first kappa shape index (κ1) is 12.0. The molecule has 2 aromatic rings. The third-order valence-electron chi connectivity index (χ3n) is 2.50. The third-order valence-corrected chi connectivity index (χ3v) is 3.73. The van der Waals surface area contributed by atoms with Crippen molar-refractivity contribution < 1.29 is 0 Å². The molecule has 0 aliphatic heterocycles. The van der Waals surface area contributed by atoms with Crippen molar-refractivity contribution >= 4 is 17.6 Å². The first-order chi connectivity index (χ1) is 8.31. The largest absolute Gasteiger partial charge is 0.308 e. The van der Waals surface area contributed by atoms with Gasteiger partial charge >= 0.3 is 0 Å². The van der Waals surface area contributed by atoms with Crippen LogP contribution in [-0.2, 0) is 5.75 Å². The number of nitrogens with zero attached hydrogens (tertiary/aromatic N) is 1. The van der Waals surface area contributed by atoms with Crippen LogP contribution < -0.4 is 11.3 Å². The van der Waals surface area contributed by atoms with Crippen LogP contribution in [-0.4, -0.2) is 4.98 Å². The molecule has 0 fully saturated rings. The summed E-state index contributed by atoms with van der Waals surface area (Å²) in [6.45, 7) is 2.12. The maximum Gasteiger partial charge on any atom is 0.143 e. The third kappa shape index (κ3) is 2.99. The van der Waals surface area contributed by atoms with Crippen molar-refractivity contribution in [3.05, 3.63) is 53.7 Å². The first-order valence-electron chi connectivity index (χ1n) is 5.40. The maximum absolute atomic E-state index is 5.43. The lowest BCUT2D eigenvalue weighted by Crippen LogP contribution is -2.10. The molecule has 1 aromatic heterocycles. The van der Waals surface area contributed by atoms with Crippen LogP contribution in [0.3, 0.4) is 0 Å². The Balaban J connectivity index is 2.10. The molecule has 3 N–H and O–H groups in total. The van der Waals surface area contributed by atoms with E-state index >= 15 is 0 Å². The van der Waals surface area contributed by atoms with Crippen molar-refractivity contribution in [3.8, 4) is 0 Å². The number of anilines is 1. The quantitative estimate of drug-likeness (QED) is 0.494. The molecule has 4 heteroatoms. The van der Waals surface area contributed by atoms with Gasteiger partial charge in [-0.2, -0.15) is 0 Å². The molecular weight excluding hydrogens is 230 g/mol. The molecule has 0 atom stereocenters. The predicted octanol–water partition coefficient (Wildman–Crippen LogP) is 2.97. The minimum atomic E-state index is 0.744. The number of thioether (sulfide) groups is 1. The highest BCUT2D eigenvalue weighted by Gasteiger charge is 2.03. The van der Waals surface area contributed by atoms with Gasteiger partial charge in [0.1, 0.15) is 5.82 Å². The van der Waals surface area contributed by atoms with E-state index in [1.807, 2.05) is 12.1 Å². The monoisotopic (exact) mass is 245 g/mol. The Morgan fingerprint density at radius 1 is 1.24 bits per heavy atom. The van der Waals surface area contributed by atoms with Crippen LogP contribution in [0, 0.1) is 6.92 Å².